The molecule has 0 aliphatic heterocycles. The highest BCUT2D eigenvalue weighted by Crippen LogP contribution is 2.20. The van der Waals surface area contributed by atoms with Crippen molar-refractivity contribution < 1.29 is 0 Å². The molecule has 0 bridgehead atoms. The first kappa shape index (κ1) is 13.6. The number of hydrogen-bond acceptors (Lipinski definition) is 0. The van der Waals surface area contributed by atoms with E-state index < -0.39 is 0 Å². The van der Waals surface area contributed by atoms with Crippen LogP contribution >= 0.6 is 0 Å². The Labute approximate surface area is 116 Å². The monoisotopic (exact) mass is 250 g/mol. The molecule has 0 fully saturated rings. The molecule has 2 aromatic carbocycles. The summed E-state index contributed by atoms with van der Waals surface area (Å²) in [5, 5.41) is 0. The van der Waals surface area contributed by atoms with Gasteiger partial charge >= 0.3 is 0 Å². The molecule has 0 aliphatic carbocycles. The van der Waals surface area contributed by atoms with Crippen LogP contribution in [0.15, 0.2) is 66.7 Å². The maximum absolute atomic E-state index is 2.30. The van der Waals surface area contributed by atoms with Gasteiger partial charge in [0.25, 0.3) is 0 Å². The van der Waals surface area contributed by atoms with Crippen LogP contribution < -0.4 is 0 Å². The van der Waals surface area contributed by atoms with Crippen molar-refractivity contribution in [2.24, 2.45) is 0 Å². The maximum Gasteiger partial charge on any atom is -0.00972 e. The number of unbranched alkanes of at least 4 members (excludes halogenated alkanes) is 2. The van der Waals surface area contributed by atoms with Gasteiger partial charge in [-0.1, -0.05) is 86.5 Å². The molecule has 0 heteroatoms. The summed E-state index contributed by atoms with van der Waals surface area (Å²) in [6.45, 7) is 2.23. The fourth-order valence-corrected chi connectivity index (χ4v) is 2.17. The normalized spacial score (nSPS) is 11.0. The Hall–Kier alpha value is -1.82. The molecule has 0 atom stereocenters. The zero-order chi connectivity index (χ0) is 13.3. The first-order valence-electron chi connectivity index (χ1n) is 7.19. The highest BCUT2D eigenvalue weighted by atomic mass is 14.0. The molecule has 0 saturated heterocycles. The van der Waals surface area contributed by atoms with Gasteiger partial charge in [-0.2, -0.15) is 0 Å². The molecule has 0 spiro atoms. The quantitative estimate of drug-likeness (QED) is 0.459. The van der Waals surface area contributed by atoms with Crippen LogP contribution in [0.5, 0.6) is 0 Å². The summed E-state index contributed by atoms with van der Waals surface area (Å²) in [6, 6.07) is 19.4. The molecule has 0 heterocycles. The lowest BCUT2D eigenvalue weighted by Gasteiger charge is -2.03. The fourth-order valence-electron chi connectivity index (χ4n) is 2.17. The molecule has 0 aromatic heterocycles. The van der Waals surface area contributed by atoms with E-state index in [1.807, 2.05) is 0 Å². The van der Waals surface area contributed by atoms with Crippen molar-refractivity contribution in [2.75, 3.05) is 0 Å². The summed E-state index contributed by atoms with van der Waals surface area (Å²) in [5.74, 6) is 0. The van der Waals surface area contributed by atoms with Gasteiger partial charge in [-0.25, -0.2) is 0 Å². The predicted molar refractivity (Wildman–Crippen MR) is 84.2 cm³/mol. The van der Waals surface area contributed by atoms with Gasteiger partial charge in [0.05, 0.1) is 0 Å². The Morgan fingerprint density at radius 1 is 0.842 bits per heavy atom. The highest BCUT2D eigenvalue weighted by molar-refractivity contribution is 5.63. The summed E-state index contributed by atoms with van der Waals surface area (Å²) in [6.07, 6.45) is 9.39. The Morgan fingerprint density at radius 2 is 1.63 bits per heavy atom. The second-order valence-corrected chi connectivity index (χ2v) is 4.88. The zero-order valence-corrected chi connectivity index (χ0v) is 11.7. The van der Waals surface area contributed by atoms with E-state index in [0.717, 1.165) is 6.42 Å². The summed E-state index contributed by atoms with van der Waals surface area (Å²) in [5.41, 5.74) is 3.98. The third-order valence-electron chi connectivity index (χ3n) is 3.28. The lowest BCUT2D eigenvalue weighted by atomic mass is 10.0. The lowest BCUT2D eigenvalue weighted by molar-refractivity contribution is 0.813. The Kier molecular flexibility index (Phi) is 5.43. The van der Waals surface area contributed by atoms with Crippen molar-refractivity contribution in [3.05, 3.63) is 72.3 Å². The number of rotatable bonds is 6. The van der Waals surface area contributed by atoms with E-state index in [9.17, 15) is 0 Å². The molecule has 0 aliphatic rings. The van der Waals surface area contributed by atoms with Crippen LogP contribution in [0.1, 0.15) is 31.7 Å². The van der Waals surface area contributed by atoms with E-state index in [2.05, 4.69) is 73.7 Å². The van der Waals surface area contributed by atoms with Gasteiger partial charge < -0.3 is 0 Å². The molecule has 19 heavy (non-hydrogen) atoms. The summed E-state index contributed by atoms with van der Waals surface area (Å²) < 4.78 is 0. The minimum absolute atomic E-state index is 1.03. The van der Waals surface area contributed by atoms with Gasteiger partial charge in [0.1, 0.15) is 0 Å². The van der Waals surface area contributed by atoms with Crippen LogP contribution in [-0.4, -0.2) is 0 Å². The van der Waals surface area contributed by atoms with Gasteiger partial charge in [0, 0.05) is 0 Å². The molecule has 0 nitrogen and oxygen atoms in total. The Balaban J connectivity index is 2.02. The van der Waals surface area contributed by atoms with E-state index >= 15 is 0 Å². The largest absolute Gasteiger partial charge is 0.0882 e. The van der Waals surface area contributed by atoms with Crippen molar-refractivity contribution in [3.63, 3.8) is 0 Å². The first-order valence-corrected chi connectivity index (χ1v) is 7.19. The molecule has 0 amide bonds. The van der Waals surface area contributed by atoms with Crippen LogP contribution in [-0.2, 0) is 6.42 Å². The molecular weight excluding hydrogens is 228 g/mol. The molecule has 2 rings (SSSR count). The fraction of sp³-hybridized carbons (Fsp3) is 0.263. The van der Waals surface area contributed by atoms with Crippen molar-refractivity contribution in [1.82, 2.24) is 0 Å². The van der Waals surface area contributed by atoms with E-state index in [-0.39, 0.29) is 0 Å². The van der Waals surface area contributed by atoms with E-state index in [1.54, 1.807) is 0 Å². The van der Waals surface area contributed by atoms with Crippen molar-refractivity contribution in [3.8, 4) is 11.1 Å². The van der Waals surface area contributed by atoms with Crippen LogP contribution in [0.3, 0.4) is 0 Å². The number of allylic oxidation sites excluding steroid dienone is 2. The first-order chi connectivity index (χ1) is 9.40. The zero-order valence-electron chi connectivity index (χ0n) is 11.7. The summed E-state index contributed by atoms with van der Waals surface area (Å²) in [4.78, 5) is 0. The summed E-state index contributed by atoms with van der Waals surface area (Å²) in [7, 11) is 0. The molecule has 0 N–H and O–H groups in total. The van der Waals surface area contributed by atoms with Crippen molar-refractivity contribution >= 4 is 0 Å². The molecule has 0 unspecified atom stereocenters. The smallest absolute Gasteiger partial charge is 0.00972 e. The third-order valence-corrected chi connectivity index (χ3v) is 3.28. The van der Waals surface area contributed by atoms with Crippen LogP contribution in [0.4, 0.5) is 0 Å². The van der Waals surface area contributed by atoms with Gasteiger partial charge in [-0.3, -0.25) is 0 Å². The maximum atomic E-state index is 2.30. The molecule has 2 aromatic rings. The Bertz CT molecular complexity index is 509. The standard InChI is InChI=1S/C19H22/c1-2-3-4-5-7-11-17-12-10-15-19(16-17)18-13-8-6-9-14-18/h5-10,12-16H,2-4,11H2,1H3/b7-5+. The minimum Gasteiger partial charge on any atom is -0.0882 e. The second kappa shape index (κ2) is 7.58. The van der Waals surface area contributed by atoms with E-state index in [4.69, 9.17) is 0 Å². The van der Waals surface area contributed by atoms with Gasteiger partial charge in [0.15, 0.2) is 0 Å². The highest BCUT2D eigenvalue weighted by Gasteiger charge is 1.97. The molecule has 98 valence electrons. The van der Waals surface area contributed by atoms with Crippen molar-refractivity contribution in [2.45, 2.75) is 32.6 Å². The van der Waals surface area contributed by atoms with Crippen LogP contribution in [0.2, 0.25) is 0 Å². The molecule has 0 saturated carbocycles. The molecule has 0 radical (unpaired) electrons. The average Bonchev–Trinajstić information content (AvgIpc) is 2.48. The van der Waals surface area contributed by atoms with Gasteiger partial charge in [-0.05, 0) is 29.5 Å². The molecular formula is C19H22. The number of benzene rings is 2. The Morgan fingerprint density at radius 3 is 2.42 bits per heavy atom. The predicted octanol–water partition coefficient (Wildman–Crippen LogP) is 5.64. The van der Waals surface area contributed by atoms with E-state index in [1.165, 1.54) is 36.0 Å². The average molecular weight is 250 g/mol. The summed E-state index contributed by atoms with van der Waals surface area (Å²) >= 11 is 0. The number of hydrogen-bond donors (Lipinski definition) is 0. The van der Waals surface area contributed by atoms with Crippen molar-refractivity contribution in [1.29, 1.82) is 0 Å². The second-order valence-electron chi connectivity index (χ2n) is 4.88. The lowest BCUT2D eigenvalue weighted by Crippen LogP contribution is -1.83. The SMILES string of the molecule is CCCC/C=C/Cc1cccc(-c2ccccc2)c1. The van der Waals surface area contributed by atoms with Crippen LogP contribution in [0.25, 0.3) is 11.1 Å². The van der Waals surface area contributed by atoms with E-state index in [0.29, 0.717) is 0 Å². The minimum atomic E-state index is 1.03. The topological polar surface area (TPSA) is 0 Å². The van der Waals surface area contributed by atoms with Gasteiger partial charge in [0.2, 0.25) is 0 Å². The third kappa shape index (κ3) is 4.40. The van der Waals surface area contributed by atoms with Crippen LogP contribution in [0, 0.1) is 0 Å². The van der Waals surface area contributed by atoms with Gasteiger partial charge in [-0.15, -0.1) is 0 Å².